The van der Waals surface area contributed by atoms with Gasteiger partial charge in [0.2, 0.25) is 0 Å². The first kappa shape index (κ1) is 31.0. The van der Waals surface area contributed by atoms with Gasteiger partial charge in [-0.05, 0) is 110 Å². The topological polar surface area (TPSA) is 37.6 Å². The first-order valence-corrected chi connectivity index (χ1v) is 19.4. The van der Waals surface area contributed by atoms with Crippen LogP contribution in [0.25, 0.3) is 24.3 Å². The molecular weight excluding hydrogens is 661 g/mol. The van der Waals surface area contributed by atoms with Crippen LogP contribution in [-0.2, 0) is 27.3 Å². The molecule has 3 aliphatic rings. The highest BCUT2D eigenvalue weighted by atomic mass is 32.1. The highest BCUT2D eigenvalue weighted by Gasteiger charge is 2.04. The summed E-state index contributed by atoms with van der Waals surface area (Å²) in [5, 5.41) is 5.03. The SMILES string of the molecule is C1=c2/cc/c(s2)=c2\cc/c3n2CCCOCCOCCOCCCn2/c(cc/c2=c2\cc/c(s2)=C/C=c2/cc/c=3s2)=c2/cc/c(s2)=C/1. The summed E-state index contributed by atoms with van der Waals surface area (Å²) < 4.78 is 32.8. The molecule has 0 fully saturated rings. The average molecular weight is 697 g/mol. The van der Waals surface area contributed by atoms with Crippen LogP contribution >= 0.6 is 45.3 Å². The van der Waals surface area contributed by atoms with E-state index in [2.05, 4.69) is 106 Å². The largest absolute Gasteiger partial charge is 0.379 e. The van der Waals surface area contributed by atoms with Gasteiger partial charge in [0.25, 0.3) is 0 Å². The number of hydrogen-bond donors (Lipinski definition) is 0. The van der Waals surface area contributed by atoms with Gasteiger partial charge in [-0.3, -0.25) is 0 Å². The zero-order valence-corrected chi connectivity index (χ0v) is 29.3. The molecule has 5 nitrogen and oxygen atoms in total. The molecule has 9 heteroatoms. The normalized spacial score (nSPS) is 22.0. The van der Waals surface area contributed by atoms with Gasteiger partial charge >= 0.3 is 0 Å². The van der Waals surface area contributed by atoms with E-state index < -0.39 is 0 Å². The van der Waals surface area contributed by atoms with Crippen molar-refractivity contribution in [3.8, 4) is 0 Å². The summed E-state index contributed by atoms with van der Waals surface area (Å²) in [6.45, 7) is 5.53. The smallest absolute Gasteiger partial charge is 0.0701 e. The van der Waals surface area contributed by atoms with E-state index >= 15 is 0 Å². The van der Waals surface area contributed by atoms with Crippen molar-refractivity contribution in [2.45, 2.75) is 25.9 Å². The summed E-state index contributed by atoms with van der Waals surface area (Å²) in [5.41, 5.74) is 0. The monoisotopic (exact) mass is 696 g/mol. The Hall–Kier alpha value is -3.28. The number of aromatic nitrogens is 2. The van der Waals surface area contributed by atoms with Gasteiger partial charge in [-0.2, -0.15) is 0 Å². The fourth-order valence-corrected chi connectivity index (χ4v) is 9.90. The molecule has 6 aromatic rings. The zero-order chi connectivity index (χ0) is 31.4. The van der Waals surface area contributed by atoms with E-state index in [-0.39, 0.29) is 0 Å². The van der Waals surface area contributed by atoms with Crippen LogP contribution in [0, 0.1) is 39.5 Å². The van der Waals surface area contributed by atoms with E-state index in [9.17, 15) is 0 Å². The number of nitrogens with zero attached hydrogens (tertiary/aromatic N) is 2. The molecule has 3 aliphatic heterocycles. The third kappa shape index (κ3) is 6.98. The van der Waals surface area contributed by atoms with E-state index in [1.165, 1.54) is 57.7 Å². The molecule has 0 saturated carbocycles. The first-order chi connectivity index (χ1) is 23.3. The Labute approximate surface area is 287 Å². The van der Waals surface area contributed by atoms with Gasteiger partial charge < -0.3 is 23.3 Å². The van der Waals surface area contributed by atoms with Crippen molar-refractivity contribution >= 4 is 69.7 Å². The summed E-state index contributed by atoms with van der Waals surface area (Å²) in [6.07, 6.45) is 10.9. The minimum Gasteiger partial charge on any atom is -0.379 e. The van der Waals surface area contributed by atoms with Crippen LogP contribution in [0.3, 0.4) is 0 Å². The van der Waals surface area contributed by atoms with Crippen LogP contribution in [0.5, 0.6) is 0 Å². The molecule has 6 aromatic heterocycles. The van der Waals surface area contributed by atoms with E-state index in [0.29, 0.717) is 39.6 Å². The minimum absolute atomic E-state index is 0.585. The molecule has 47 heavy (non-hydrogen) atoms. The lowest BCUT2D eigenvalue weighted by molar-refractivity contribution is 0.0128. The van der Waals surface area contributed by atoms with Crippen molar-refractivity contribution in [1.82, 2.24) is 9.13 Å². The third-order valence-electron chi connectivity index (χ3n) is 8.39. The minimum atomic E-state index is 0.585. The molecule has 0 aromatic carbocycles. The predicted molar refractivity (Wildman–Crippen MR) is 195 cm³/mol. The second kappa shape index (κ2) is 14.5. The zero-order valence-electron chi connectivity index (χ0n) is 26.1. The molecule has 0 saturated heterocycles. The average Bonchev–Trinajstić information content (AvgIpc) is 3.92. The molecule has 0 atom stereocenters. The molecule has 0 unspecified atom stereocenters. The summed E-state index contributed by atoms with van der Waals surface area (Å²) in [4.78, 5) is 0. The molecule has 9 heterocycles. The van der Waals surface area contributed by atoms with E-state index in [1.807, 2.05) is 45.3 Å². The Kier molecular flexibility index (Phi) is 9.54. The highest BCUT2D eigenvalue weighted by Crippen LogP contribution is 2.12. The van der Waals surface area contributed by atoms with Crippen LogP contribution in [0.2, 0.25) is 0 Å². The number of thiophene rings is 4. The predicted octanol–water partition coefficient (Wildman–Crippen LogP) is 5.36. The first-order valence-electron chi connectivity index (χ1n) is 16.2. The van der Waals surface area contributed by atoms with Crippen molar-refractivity contribution in [2.75, 3.05) is 39.6 Å². The third-order valence-corrected chi connectivity index (χ3v) is 12.7. The van der Waals surface area contributed by atoms with Gasteiger partial charge in [-0.1, -0.05) is 0 Å². The maximum Gasteiger partial charge on any atom is 0.0701 e. The maximum atomic E-state index is 5.97. The van der Waals surface area contributed by atoms with Crippen molar-refractivity contribution in [3.63, 3.8) is 0 Å². The van der Waals surface area contributed by atoms with Crippen molar-refractivity contribution in [3.05, 3.63) is 130 Å². The molecule has 0 spiro atoms. The Bertz CT molecular complexity index is 2310. The summed E-state index contributed by atoms with van der Waals surface area (Å²) >= 11 is 7.39. The molecule has 14 bridgehead atoms. The van der Waals surface area contributed by atoms with Gasteiger partial charge in [-0.15, -0.1) is 45.3 Å². The maximum absolute atomic E-state index is 5.97. The molecule has 240 valence electrons. The van der Waals surface area contributed by atoms with Crippen molar-refractivity contribution in [2.24, 2.45) is 0 Å². The van der Waals surface area contributed by atoms with Gasteiger partial charge in [-0.25, -0.2) is 0 Å². The van der Waals surface area contributed by atoms with Crippen LogP contribution in [0.4, 0.5) is 0 Å². The molecule has 9 rings (SSSR count). The van der Waals surface area contributed by atoms with Crippen LogP contribution < -0.4 is 18.1 Å². The van der Waals surface area contributed by atoms with Crippen LogP contribution in [-0.4, -0.2) is 48.8 Å². The van der Waals surface area contributed by atoms with E-state index in [0.717, 1.165) is 25.9 Å². The second-order valence-corrected chi connectivity index (χ2v) is 16.0. The van der Waals surface area contributed by atoms with Gasteiger partial charge in [0.15, 0.2) is 0 Å². The van der Waals surface area contributed by atoms with Gasteiger partial charge in [0.05, 0.1) is 66.0 Å². The highest BCUT2D eigenvalue weighted by molar-refractivity contribution is 7.09. The molecule has 0 N–H and O–H groups in total. The number of fused-ring (bicyclic) bond motifs is 14. The second-order valence-electron chi connectivity index (χ2n) is 11.5. The quantitative estimate of drug-likeness (QED) is 0.201. The number of ether oxygens (including phenoxy) is 3. The van der Waals surface area contributed by atoms with Crippen LogP contribution in [0.15, 0.2) is 72.8 Å². The standard InChI is InChI=1S/C38H36N2O3S4/c1-19-39-31-11-12-32(39)36-16-8-28(45-36)4-6-30-10-18-38(47-30)34-14-13-33(40(34)20-2-22-42-24-26-43-25-23-41-21-1)37-17-9-29(46-37)5-3-27-7-15-35(31)44-27/h3-18H,1-2,19-26H2/b5-3?,6-4?,27-3-,28-4-,29-5-,30-6-,35-31-,36-32-,37-33-,38-34-. The lowest BCUT2D eigenvalue weighted by Crippen LogP contribution is -2.12. The Morgan fingerprint density at radius 2 is 0.660 bits per heavy atom. The number of rotatable bonds is 0. The van der Waals surface area contributed by atoms with E-state index in [1.54, 1.807) is 0 Å². The fourth-order valence-electron chi connectivity index (χ4n) is 6.12. The Balaban J connectivity index is 1.40. The lowest BCUT2D eigenvalue weighted by atomic mass is 10.4. The van der Waals surface area contributed by atoms with Gasteiger partial charge in [0, 0.05) is 44.4 Å². The van der Waals surface area contributed by atoms with Gasteiger partial charge in [0.1, 0.15) is 0 Å². The Morgan fingerprint density at radius 3 is 0.979 bits per heavy atom. The Morgan fingerprint density at radius 1 is 0.362 bits per heavy atom. The van der Waals surface area contributed by atoms with Crippen molar-refractivity contribution in [1.29, 1.82) is 0 Å². The summed E-state index contributed by atoms with van der Waals surface area (Å²) in [6, 6.07) is 27.2. The fraction of sp³-hybridized carbons (Fsp3) is 0.263. The van der Waals surface area contributed by atoms with E-state index in [4.69, 9.17) is 14.2 Å². The summed E-state index contributed by atoms with van der Waals surface area (Å²) in [7, 11) is 0. The summed E-state index contributed by atoms with van der Waals surface area (Å²) in [5.74, 6) is 0. The number of hydrogen-bond acceptors (Lipinski definition) is 7. The van der Waals surface area contributed by atoms with Crippen LogP contribution in [0.1, 0.15) is 12.8 Å². The van der Waals surface area contributed by atoms with Crippen molar-refractivity contribution < 1.29 is 14.2 Å². The molecule has 0 radical (unpaired) electrons. The molecular formula is C38H36N2O3S4. The lowest BCUT2D eigenvalue weighted by Gasteiger charge is -2.09. The molecule has 0 aliphatic carbocycles. The molecule has 0 amide bonds.